The zero-order chi connectivity index (χ0) is 17.5. The van der Waals surface area contributed by atoms with Gasteiger partial charge in [-0.1, -0.05) is 24.3 Å². The summed E-state index contributed by atoms with van der Waals surface area (Å²) < 4.78 is 18.4. The van der Waals surface area contributed by atoms with Crippen molar-refractivity contribution in [2.45, 2.75) is 12.5 Å². The zero-order valence-corrected chi connectivity index (χ0v) is 14.5. The van der Waals surface area contributed by atoms with Crippen molar-refractivity contribution in [1.82, 2.24) is 5.32 Å². The average Bonchev–Trinajstić information content (AvgIpc) is 2.57. The largest absolute Gasteiger partial charge is 0.467 e. The number of halogens is 2. The summed E-state index contributed by atoms with van der Waals surface area (Å²) in [5.74, 6) is -0.949. The van der Waals surface area contributed by atoms with Gasteiger partial charge in [-0.15, -0.1) is 0 Å². The molecule has 0 fully saturated rings. The molecule has 0 aliphatic carbocycles. The number of nitrogens with one attached hydrogen (secondary N) is 2. The number of para-hydroxylation sites is 1. The molecule has 126 valence electrons. The van der Waals surface area contributed by atoms with Gasteiger partial charge in [0.2, 0.25) is 0 Å². The summed E-state index contributed by atoms with van der Waals surface area (Å²) in [5, 5.41) is 5.22. The molecule has 1 unspecified atom stereocenters. The topological polar surface area (TPSA) is 67.4 Å². The normalized spacial score (nSPS) is 11.5. The van der Waals surface area contributed by atoms with E-state index >= 15 is 0 Å². The summed E-state index contributed by atoms with van der Waals surface area (Å²) in [7, 11) is 1.24. The second-order valence-electron chi connectivity index (χ2n) is 4.98. The van der Waals surface area contributed by atoms with Gasteiger partial charge in [0, 0.05) is 10.9 Å². The van der Waals surface area contributed by atoms with Gasteiger partial charge in [0.15, 0.2) is 0 Å². The molecule has 5 nitrogen and oxygen atoms in total. The fourth-order valence-corrected chi connectivity index (χ4v) is 2.45. The van der Waals surface area contributed by atoms with Crippen molar-refractivity contribution in [2.75, 3.05) is 12.4 Å². The molecular formula is C17H16BrFN2O3. The van der Waals surface area contributed by atoms with Gasteiger partial charge in [0.1, 0.15) is 11.9 Å². The van der Waals surface area contributed by atoms with Crippen molar-refractivity contribution < 1.29 is 18.7 Å². The number of carbonyl (C=O) groups is 2. The molecule has 7 heteroatoms. The number of hydrogen-bond acceptors (Lipinski definition) is 3. The molecule has 2 amide bonds. The molecule has 0 aliphatic rings. The Balaban J connectivity index is 2.05. The SMILES string of the molecule is COC(=O)C(Cc1ccc(F)cc1)NC(=O)Nc1ccccc1Br. The molecule has 0 bridgehead atoms. The number of benzene rings is 2. The lowest BCUT2D eigenvalue weighted by molar-refractivity contribution is -0.142. The molecule has 0 aliphatic heterocycles. The predicted octanol–water partition coefficient (Wildman–Crippen LogP) is 3.49. The summed E-state index contributed by atoms with van der Waals surface area (Å²) in [6.07, 6.45) is 0.191. The van der Waals surface area contributed by atoms with Crippen molar-refractivity contribution in [2.24, 2.45) is 0 Å². The van der Waals surface area contributed by atoms with Crippen LogP contribution < -0.4 is 10.6 Å². The third kappa shape index (κ3) is 5.06. The lowest BCUT2D eigenvalue weighted by atomic mass is 10.1. The summed E-state index contributed by atoms with van der Waals surface area (Å²) in [5.41, 5.74) is 1.27. The van der Waals surface area contributed by atoms with Gasteiger partial charge in [-0.3, -0.25) is 0 Å². The maximum atomic E-state index is 13.0. The van der Waals surface area contributed by atoms with Gasteiger partial charge in [0.05, 0.1) is 12.8 Å². The van der Waals surface area contributed by atoms with Crippen molar-refractivity contribution >= 4 is 33.6 Å². The van der Waals surface area contributed by atoms with E-state index in [-0.39, 0.29) is 12.2 Å². The molecule has 0 radical (unpaired) electrons. The first-order valence-electron chi connectivity index (χ1n) is 7.14. The molecule has 2 aromatic carbocycles. The third-order valence-corrected chi connectivity index (χ3v) is 3.96. The number of amides is 2. The van der Waals surface area contributed by atoms with Crippen molar-refractivity contribution in [3.8, 4) is 0 Å². The van der Waals surface area contributed by atoms with E-state index in [0.29, 0.717) is 15.7 Å². The number of esters is 1. The number of rotatable bonds is 5. The predicted molar refractivity (Wildman–Crippen MR) is 92.2 cm³/mol. The molecule has 0 aromatic heterocycles. The Kier molecular flexibility index (Phi) is 6.31. The Morgan fingerprint density at radius 3 is 2.46 bits per heavy atom. The third-order valence-electron chi connectivity index (χ3n) is 3.27. The van der Waals surface area contributed by atoms with E-state index in [0.717, 1.165) is 0 Å². The molecule has 2 N–H and O–H groups in total. The van der Waals surface area contributed by atoms with Gasteiger partial charge in [-0.05, 0) is 45.8 Å². The maximum Gasteiger partial charge on any atom is 0.328 e. The highest BCUT2D eigenvalue weighted by Crippen LogP contribution is 2.21. The minimum Gasteiger partial charge on any atom is -0.467 e. The Hall–Kier alpha value is -2.41. The van der Waals surface area contributed by atoms with Crippen LogP contribution in [0, 0.1) is 5.82 Å². The number of ether oxygens (including phenoxy) is 1. The van der Waals surface area contributed by atoms with Crippen molar-refractivity contribution in [3.05, 3.63) is 64.4 Å². The smallest absolute Gasteiger partial charge is 0.328 e. The van der Waals surface area contributed by atoms with Crippen LogP contribution in [0.3, 0.4) is 0 Å². The standard InChI is InChI=1S/C17H16BrFN2O3/c1-24-16(22)15(10-11-6-8-12(19)9-7-11)21-17(23)20-14-5-3-2-4-13(14)18/h2-9,15H,10H2,1H3,(H2,20,21,23). The average molecular weight is 395 g/mol. The lowest BCUT2D eigenvalue weighted by Gasteiger charge is -2.17. The Labute approximate surface area is 147 Å². The highest BCUT2D eigenvalue weighted by molar-refractivity contribution is 9.10. The van der Waals surface area contributed by atoms with E-state index < -0.39 is 18.0 Å². The fraction of sp³-hybridized carbons (Fsp3) is 0.176. The summed E-state index contributed by atoms with van der Waals surface area (Å²) >= 11 is 3.32. The van der Waals surface area contributed by atoms with Crippen LogP contribution in [0.2, 0.25) is 0 Å². The molecule has 2 rings (SSSR count). The van der Waals surface area contributed by atoms with E-state index in [1.54, 1.807) is 30.3 Å². The molecule has 1 atom stereocenters. The van der Waals surface area contributed by atoms with Crippen LogP contribution in [0.1, 0.15) is 5.56 Å². The van der Waals surface area contributed by atoms with E-state index in [2.05, 4.69) is 26.6 Å². The number of methoxy groups -OCH3 is 1. The van der Waals surface area contributed by atoms with Crippen LogP contribution in [0.5, 0.6) is 0 Å². The van der Waals surface area contributed by atoms with E-state index in [1.807, 2.05) is 6.07 Å². The second-order valence-corrected chi connectivity index (χ2v) is 5.84. The molecule has 0 heterocycles. The van der Waals surface area contributed by atoms with Gasteiger partial charge >= 0.3 is 12.0 Å². The molecular weight excluding hydrogens is 379 g/mol. The molecule has 0 spiro atoms. The number of hydrogen-bond donors (Lipinski definition) is 2. The van der Waals surface area contributed by atoms with E-state index in [1.165, 1.54) is 19.2 Å². The van der Waals surface area contributed by atoms with Crippen LogP contribution in [-0.4, -0.2) is 25.2 Å². The Bertz CT molecular complexity index is 722. The molecule has 0 saturated heterocycles. The quantitative estimate of drug-likeness (QED) is 0.762. The summed E-state index contributed by atoms with van der Waals surface area (Å²) in [6.45, 7) is 0. The Morgan fingerprint density at radius 2 is 1.83 bits per heavy atom. The van der Waals surface area contributed by atoms with Crippen LogP contribution >= 0.6 is 15.9 Å². The molecule has 24 heavy (non-hydrogen) atoms. The summed E-state index contributed by atoms with van der Waals surface area (Å²) in [4.78, 5) is 24.0. The second kappa shape index (κ2) is 8.44. The highest BCUT2D eigenvalue weighted by atomic mass is 79.9. The number of anilines is 1. The first kappa shape index (κ1) is 17.9. The number of urea groups is 1. The first-order chi connectivity index (χ1) is 11.5. The molecule has 2 aromatic rings. The van der Waals surface area contributed by atoms with Crippen LogP contribution in [-0.2, 0) is 16.0 Å². The maximum absolute atomic E-state index is 13.0. The minimum absolute atomic E-state index is 0.191. The van der Waals surface area contributed by atoms with E-state index in [4.69, 9.17) is 4.74 Å². The van der Waals surface area contributed by atoms with Crippen LogP contribution in [0.25, 0.3) is 0 Å². The monoisotopic (exact) mass is 394 g/mol. The van der Waals surface area contributed by atoms with Gasteiger partial charge in [-0.2, -0.15) is 0 Å². The Morgan fingerprint density at radius 1 is 1.17 bits per heavy atom. The minimum atomic E-state index is -0.886. The van der Waals surface area contributed by atoms with Gasteiger partial charge in [-0.25, -0.2) is 14.0 Å². The molecule has 0 saturated carbocycles. The highest BCUT2D eigenvalue weighted by Gasteiger charge is 2.22. The summed E-state index contributed by atoms with van der Waals surface area (Å²) in [6, 6.07) is 11.4. The van der Waals surface area contributed by atoms with Crippen LogP contribution in [0.15, 0.2) is 53.0 Å². The fourth-order valence-electron chi connectivity index (χ4n) is 2.07. The zero-order valence-electron chi connectivity index (χ0n) is 12.9. The van der Waals surface area contributed by atoms with Crippen molar-refractivity contribution in [3.63, 3.8) is 0 Å². The van der Waals surface area contributed by atoms with Gasteiger partial charge in [0.25, 0.3) is 0 Å². The lowest BCUT2D eigenvalue weighted by Crippen LogP contribution is -2.45. The first-order valence-corrected chi connectivity index (χ1v) is 7.93. The van der Waals surface area contributed by atoms with Gasteiger partial charge < -0.3 is 15.4 Å². The van der Waals surface area contributed by atoms with E-state index in [9.17, 15) is 14.0 Å². The van der Waals surface area contributed by atoms with Crippen molar-refractivity contribution in [1.29, 1.82) is 0 Å². The number of carbonyl (C=O) groups excluding carboxylic acids is 2. The van der Waals surface area contributed by atoms with Crippen LogP contribution in [0.4, 0.5) is 14.9 Å².